The number of halogens is 1. The van der Waals surface area contributed by atoms with Crippen molar-refractivity contribution >= 4 is 27.8 Å². The lowest BCUT2D eigenvalue weighted by atomic mass is 10.2. The zero-order valence-electron chi connectivity index (χ0n) is 11.4. The highest BCUT2D eigenvalue weighted by atomic mass is 79.9. The number of carbonyl (C=O) groups excluding carboxylic acids is 1. The van der Waals surface area contributed by atoms with Crippen LogP contribution in [0.2, 0.25) is 0 Å². The Labute approximate surface area is 134 Å². The van der Waals surface area contributed by atoms with Crippen LogP contribution in [-0.2, 0) is 11.3 Å². The first kappa shape index (κ1) is 14.3. The fourth-order valence-corrected chi connectivity index (χ4v) is 2.01. The molecule has 22 heavy (non-hydrogen) atoms. The van der Waals surface area contributed by atoms with Crippen LogP contribution < -0.4 is 5.32 Å². The molecule has 0 bridgehead atoms. The number of aromatic nitrogens is 4. The second-order valence-electron chi connectivity index (χ2n) is 4.45. The summed E-state index contributed by atoms with van der Waals surface area (Å²) in [5.74, 6) is 0.433. The molecular weight excluding hydrogens is 350 g/mol. The monoisotopic (exact) mass is 361 g/mol. The molecule has 8 heteroatoms. The minimum absolute atomic E-state index is 0.168. The van der Waals surface area contributed by atoms with Crippen LogP contribution >= 0.6 is 15.9 Å². The first-order valence-electron chi connectivity index (χ1n) is 6.43. The third-order valence-electron chi connectivity index (χ3n) is 2.85. The van der Waals surface area contributed by atoms with E-state index in [0.29, 0.717) is 5.82 Å². The van der Waals surface area contributed by atoms with Gasteiger partial charge in [-0.05, 0) is 45.8 Å². The molecule has 0 saturated heterocycles. The highest BCUT2D eigenvalue weighted by Gasteiger charge is 2.06. The van der Waals surface area contributed by atoms with Crippen LogP contribution in [0.5, 0.6) is 0 Å². The maximum atomic E-state index is 11.7. The topological polar surface area (TPSA) is 84.8 Å². The van der Waals surface area contributed by atoms with Crippen LogP contribution in [0.1, 0.15) is 5.56 Å². The van der Waals surface area contributed by atoms with Gasteiger partial charge >= 0.3 is 6.09 Å². The number of hydrogen-bond acceptors (Lipinski definition) is 4. The molecule has 112 valence electrons. The van der Waals surface area contributed by atoms with Crippen molar-refractivity contribution in [3.05, 3.63) is 59.0 Å². The van der Waals surface area contributed by atoms with Gasteiger partial charge in [-0.15, -0.1) is 5.10 Å². The van der Waals surface area contributed by atoms with Gasteiger partial charge in [0.05, 0.1) is 5.69 Å². The van der Waals surface area contributed by atoms with Crippen LogP contribution in [0.15, 0.2) is 53.4 Å². The number of H-pyrrole nitrogens is 1. The number of aromatic amines is 1. The summed E-state index contributed by atoms with van der Waals surface area (Å²) in [6.45, 7) is 0.168. The molecule has 0 spiro atoms. The zero-order chi connectivity index (χ0) is 15.4. The molecule has 2 heterocycles. The Morgan fingerprint density at radius 3 is 2.91 bits per heavy atom. The third-order valence-corrected chi connectivity index (χ3v) is 3.32. The first-order chi connectivity index (χ1) is 10.7. The number of anilines is 1. The molecule has 0 fully saturated rings. The van der Waals surface area contributed by atoms with Crippen molar-refractivity contribution < 1.29 is 9.53 Å². The van der Waals surface area contributed by atoms with Crippen LogP contribution in [0.25, 0.3) is 5.69 Å². The van der Waals surface area contributed by atoms with E-state index in [4.69, 9.17) is 4.74 Å². The van der Waals surface area contributed by atoms with E-state index in [2.05, 4.69) is 36.5 Å². The molecule has 3 rings (SSSR count). The molecule has 0 saturated carbocycles. The summed E-state index contributed by atoms with van der Waals surface area (Å²) in [6, 6.07) is 11.1. The second-order valence-corrected chi connectivity index (χ2v) is 5.36. The largest absolute Gasteiger partial charge is 0.444 e. The smallest absolute Gasteiger partial charge is 0.413 e. The molecule has 7 nitrogen and oxygen atoms in total. The van der Waals surface area contributed by atoms with Crippen molar-refractivity contribution in [1.82, 2.24) is 20.0 Å². The quantitative estimate of drug-likeness (QED) is 0.747. The van der Waals surface area contributed by atoms with Crippen LogP contribution in [0.3, 0.4) is 0 Å². The Balaban J connectivity index is 1.56. The van der Waals surface area contributed by atoms with E-state index in [0.717, 1.165) is 15.7 Å². The predicted molar refractivity (Wildman–Crippen MR) is 83.7 cm³/mol. The number of benzene rings is 1. The number of rotatable bonds is 4. The summed E-state index contributed by atoms with van der Waals surface area (Å²) >= 11 is 3.28. The van der Waals surface area contributed by atoms with Crippen LogP contribution in [-0.4, -0.2) is 26.1 Å². The minimum Gasteiger partial charge on any atom is -0.444 e. The molecule has 0 aliphatic carbocycles. The van der Waals surface area contributed by atoms with Gasteiger partial charge in [-0.25, -0.2) is 19.7 Å². The number of ether oxygens (including phenoxy) is 1. The number of nitrogens with one attached hydrogen (secondary N) is 2. The lowest BCUT2D eigenvalue weighted by molar-refractivity contribution is 0.155. The van der Waals surface area contributed by atoms with Gasteiger partial charge in [0.1, 0.15) is 18.8 Å². The average molecular weight is 362 g/mol. The zero-order valence-corrected chi connectivity index (χ0v) is 12.9. The Morgan fingerprint density at radius 1 is 1.36 bits per heavy atom. The molecule has 1 amide bonds. The molecule has 3 aromatic rings. The molecule has 0 radical (unpaired) electrons. The van der Waals surface area contributed by atoms with E-state index >= 15 is 0 Å². The molecule has 1 aromatic carbocycles. The summed E-state index contributed by atoms with van der Waals surface area (Å²) in [5.41, 5.74) is 1.80. The SMILES string of the molecule is O=C(Nc1ccc(Br)cn1)OCc1cccc(-n2cn[nH]2)c1. The van der Waals surface area contributed by atoms with Gasteiger partial charge in [0.25, 0.3) is 0 Å². The molecule has 2 aromatic heterocycles. The number of amides is 1. The molecule has 0 atom stereocenters. The highest BCUT2D eigenvalue weighted by Crippen LogP contribution is 2.12. The lowest BCUT2D eigenvalue weighted by Gasteiger charge is -2.10. The summed E-state index contributed by atoms with van der Waals surface area (Å²) in [5, 5.41) is 9.10. The van der Waals surface area contributed by atoms with Gasteiger partial charge in [-0.2, -0.15) is 0 Å². The molecule has 0 aliphatic heterocycles. The Hall–Kier alpha value is -2.61. The average Bonchev–Trinajstić information content (AvgIpc) is 2.46. The van der Waals surface area contributed by atoms with E-state index in [9.17, 15) is 4.79 Å². The van der Waals surface area contributed by atoms with Gasteiger partial charge in [0.2, 0.25) is 0 Å². The molecule has 0 unspecified atom stereocenters. The maximum Gasteiger partial charge on any atom is 0.413 e. The predicted octanol–water partition coefficient (Wildman–Crippen LogP) is 3.11. The normalized spacial score (nSPS) is 10.4. The number of pyridine rings is 1. The van der Waals surface area contributed by atoms with Crippen molar-refractivity contribution in [2.24, 2.45) is 0 Å². The first-order valence-corrected chi connectivity index (χ1v) is 7.22. The molecule has 2 N–H and O–H groups in total. The van der Waals surface area contributed by atoms with Crippen molar-refractivity contribution in [3.8, 4) is 5.69 Å². The van der Waals surface area contributed by atoms with E-state index in [1.54, 1.807) is 29.3 Å². The van der Waals surface area contributed by atoms with Crippen LogP contribution in [0.4, 0.5) is 10.6 Å². The maximum absolute atomic E-state index is 11.7. The van der Waals surface area contributed by atoms with Crippen molar-refractivity contribution in [2.45, 2.75) is 6.61 Å². The summed E-state index contributed by atoms with van der Waals surface area (Å²) < 4.78 is 7.77. The number of nitrogens with zero attached hydrogens (tertiary/aromatic N) is 3. The van der Waals surface area contributed by atoms with Gasteiger partial charge in [0, 0.05) is 10.7 Å². The van der Waals surface area contributed by atoms with Crippen LogP contribution in [0, 0.1) is 0 Å². The summed E-state index contributed by atoms with van der Waals surface area (Å²) in [7, 11) is 0. The van der Waals surface area contributed by atoms with Crippen molar-refractivity contribution in [2.75, 3.05) is 5.32 Å². The van der Waals surface area contributed by atoms with Gasteiger partial charge in [0.15, 0.2) is 0 Å². The van der Waals surface area contributed by atoms with Gasteiger partial charge in [-0.3, -0.25) is 5.32 Å². The summed E-state index contributed by atoms with van der Waals surface area (Å²) in [4.78, 5) is 15.8. The minimum atomic E-state index is -0.552. The Bertz CT molecular complexity index is 756. The Morgan fingerprint density at radius 2 is 2.23 bits per heavy atom. The van der Waals surface area contributed by atoms with E-state index in [-0.39, 0.29) is 6.61 Å². The highest BCUT2D eigenvalue weighted by molar-refractivity contribution is 9.10. The van der Waals surface area contributed by atoms with Gasteiger partial charge < -0.3 is 4.74 Å². The molecule has 0 aliphatic rings. The molecular formula is C14H12BrN5O2. The third kappa shape index (κ3) is 3.53. The van der Waals surface area contributed by atoms with E-state index < -0.39 is 6.09 Å². The fraction of sp³-hybridized carbons (Fsp3) is 0.0714. The fourth-order valence-electron chi connectivity index (χ4n) is 1.78. The lowest BCUT2D eigenvalue weighted by Crippen LogP contribution is -2.14. The number of hydrogen-bond donors (Lipinski definition) is 2. The standard InChI is InChI=1S/C14H12BrN5O2/c15-11-4-5-13(16-7-11)18-14(21)22-8-10-2-1-3-12(6-10)20-9-17-19-20/h1-7,9,19H,8H2,(H,16,18,21). The summed E-state index contributed by atoms with van der Waals surface area (Å²) in [6.07, 6.45) is 2.70. The Kier molecular flexibility index (Phi) is 4.19. The number of carbonyl (C=O) groups is 1. The van der Waals surface area contributed by atoms with Gasteiger partial charge in [-0.1, -0.05) is 12.1 Å². The van der Waals surface area contributed by atoms with Crippen molar-refractivity contribution in [1.29, 1.82) is 0 Å². The van der Waals surface area contributed by atoms with E-state index in [1.807, 2.05) is 24.3 Å². The van der Waals surface area contributed by atoms with Crippen molar-refractivity contribution in [3.63, 3.8) is 0 Å². The second kappa shape index (κ2) is 6.44. The van der Waals surface area contributed by atoms with E-state index in [1.165, 1.54) is 0 Å².